The summed E-state index contributed by atoms with van der Waals surface area (Å²) in [5.74, 6) is 1.11. The number of hydrogen-bond acceptors (Lipinski definition) is 5. The van der Waals surface area contributed by atoms with E-state index >= 15 is 0 Å². The van der Waals surface area contributed by atoms with Gasteiger partial charge in [-0.3, -0.25) is 10.1 Å². The Kier molecular flexibility index (Phi) is 3.00. The van der Waals surface area contributed by atoms with Crippen molar-refractivity contribution in [1.29, 1.82) is 0 Å². The van der Waals surface area contributed by atoms with Crippen molar-refractivity contribution in [1.82, 2.24) is 4.98 Å². The monoisotopic (exact) mass is 223 g/mol. The molecule has 0 spiro atoms. The van der Waals surface area contributed by atoms with E-state index in [0.717, 1.165) is 19.4 Å². The molecule has 1 aliphatic rings. The average molecular weight is 223 g/mol. The van der Waals surface area contributed by atoms with E-state index in [2.05, 4.69) is 10.3 Å². The second-order valence-electron chi connectivity index (χ2n) is 4.03. The Morgan fingerprint density at radius 3 is 2.81 bits per heavy atom. The largest absolute Gasteiger partial charge is 0.393 e. The third kappa shape index (κ3) is 2.46. The molecule has 0 atom stereocenters. The Morgan fingerprint density at radius 2 is 2.31 bits per heavy atom. The number of nitro groups is 1. The first kappa shape index (κ1) is 10.8. The Morgan fingerprint density at radius 1 is 1.56 bits per heavy atom. The minimum atomic E-state index is -0.473. The zero-order valence-corrected chi connectivity index (χ0v) is 8.67. The van der Waals surface area contributed by atoms with Crippen LogP contribution in [0, 0.1) is 16.0 Å². The van der Waals surface area contributed by atoms with Gasteiger partial charge in [-0.2, -0.15) is 0 Å². The van der Waals surface area contributed by atoms with Gasteiger partial charge in [-0.25, -0.2) is 4.98 Å². The van der Waals surface area contributed by atoms with Crippen molar-refractivity contribution >= 4 is 11.5 Å². The molecular weight excluding hydrogens is 210 g/mol. The van der Waals surface area contributed by atoms with Gasteiger partial charge in [0.05, 0.1) is 11.0 Å². The van der Waals surface area contributed by atoms with Crippen molar-refractivity contribution in [2.45, 2.75) is 18.9 Å². The van der Waals surface area contributed by atoms with Gasteiger partial charge in [0.25, 0.3) is 5.69 Å². The number of anilines is 1. The maximum Gasteiger partial charge on any atom is 0.287 e. The van der Waals surface area contributed by atoms with Gasteiger partial charge in [0, 0.05) is 12.6 Å². The second-order valence-corrected chi connectivity index (χ2v) is 4.03. The highest BCUT2D eigenvalue weighted by Gasteiger charge is 2.26. The molecule has 0 amide bonds. The van der Waals surface area contributed by atoms with E-state index in [1.165, 1.54) is 12.3 Å². The van der Waals surface area contributed by atoms with E-state index in [1.54, 1.807) is 6.07 Å². The molecule has 6 nitrogen and oxygen atoms in total. The van der Waals surface area contributed by atoms with Crippen LogP contribution < -0.4 is 5.32 Å². The summed E-state index contributed by atoms with van der Waals surface area (Å²) in [5, 5.41) is 22.6. The van der Waals surface area contributed by atoms with E-state index in [1.807, 2.05) is 0 Å². The quantitative estimate of drug-likeness (QED) is 0.591. The molecule has 2 N–H and O–H groups in total. The third-order valence-electron chi connectivity index (χ3n) is 2.74. The van der Waals surface area contributed by atoms with Crippen LogP contribution in [0.15, 0.2) is 18.3 Å². The molecule has 1 aromatic rings. The Bertz CT molecular complexity index is 373. The molecule has 1 aliphatic carbocycles. The van der Waals surface area contributed by atoms with Gasteiger partial charge in [0.15, 0.2) is 0 Å². The van der Waals surface area contributed by atoms with Crippen LogP contribution in [0.2, 0.25) is 0 Å². The van der Waals surface area contributed by atoms with Gasteiger partial charge in [-0.15, -0.1) is 0 Å². The second kappa shape index (κ2) is 4.44. The lowest BCUT2D eigenvalue weighted by Crippen LogP contribution is -2.33. The molecule has 0 unspecified atom stereocenters. The first-order valence-corrected chi connectivity index (χ1v) is 5.17. The van der Waals surface area contributed by atoms with Crippen molar-refractivity contribution in [3.05, 3.63) is 28.4 Å². The molecule has 1 aromatic heterocycles. The first-order chi connectivity index (χ1) is 7.65. The summed E-state index contributed by atoms with van der Waals surface area (Å²) in [7, 11) is 0. The maximum absolute atomic E-state index is 10.4. The standard InChI is InChI=1S/C10H13N3O3/c14-9-3-7(4-9)5-11-10-2-1-8(6-12-10)13(15)16/h1-2,6-7,9,14H,3-5H2,(H,11,12). The highest BCUT2D eigenvalue weighted by atomic mass is 16.6. The van der Waals surface area contributed by atoms with Crippen LogP contribution in [0.5, 0.6) is 0 Å². The summed E-state index contributed by atoms with van der Waals surface area (Å²) in [6.45, 7) is 0.752. The minimum absolute atomic E-state index is 0.00961. The summed E-state index contributed by atoms with van der Waals surface area (Å²) in [4.78, 5) is 13.8. The van der Waals surface area contributed by atoms with Crippen molar-refractivity contribution in [2.24, 2.45) is 5.92 Å². The van der Waals surface area contributed by atoms with Crippen LogP contribution in [-0.2, 0) is 0 Å². The normalized spacial score (nSPS) is 23.6. The highest BCUT2D eigenvalue weighted by molar-refractivity contribution is 5.40. The molecule has 2 rings (SSSR count). The average Bonchev–Trinajstić information content (AvgIpc) is 2.23. The van der Waals surface area contributed by atoms with Crippen molar-refractivity contribution in [3.8, 4) is 0 Å². The Labute approximate surface area is 92.5 Å². The number of nitrogens with one attached hydrogen (secondary N) is 1. The minimum Gasteiger partial charge on any atom is -0.393 e. The molecule has 1 heterocycles. The van der Waals surface area contributed by atoms with E-state index in [9.17, 15) is 10.1 Å². The van der Waals surface area contributed by atoms with Crippen LogP contribution in [-0.4, -0.2) is 27.7 Å². The number of aromatic nitrogens is 1. The van der Waals surface area contributed by atoms with Crippen molar-refractivity contribution in [3.63, 3.8) is 0 Å². The lowest BCUT2D eigenvalue weighted by atomic mass is 9.82. The van der Waals surface area contributed by atoms with Crippen molar-refractivity contribution < 1.29 is 10.0 Å². The summed E-state index contributed by atoms with van der Waals surface area (Å²) in [6.07, 6.45) is 2.72. The van der Waals surface area contributed by atoms with Gasteiger partial charge in [-0.05, 0) is 24.8 Å². The zero-order chi connectivity index (χ0) is 11.5. The van der Waals surface area contributed by atoms with Crippen LogP contribution in [0.25, 0.3) is 0 Å². The number of rotatable bonds is 4. The van der Waals surface area contributed by atoms with Crippen LogP contribution in [0.4, 0.5) is 11.5 Å². The molecule has 86 valence electrons. The fourth-order valence-corrected chi connectivity index (χ4v) is 1.71. The number of pyridine rings is 1. The Balaban J connectivity index is 1.83. The molecule has 0 radical (unpaired) electrons. The van der Waals surface area contributed by atoms with Gasteiger partial charge in [0.1, 0.15) is 12.0 Å². The highest BCUT2D eigenvalue weighted by Crippen LogP contribution is 2.27. The predicted octanol–water partition coefficient (Wildman–Crippen LogP) is 1.17. The number of hydrogen-bond donors (Lipinski definition) is 2. The fraction of sp³-hybridized carbons (Fsp3) is 0.500. The maximum atomic E-state index is 10.4. The summed E-state index contributed by atoms with van der Waals surface area (Å²) in [5.41, 5.74) is -0.00961. The molecule has 16 heavy (non-hydrogen) atoms. The lowest BCUT2D eigenvalue weighted by molar-refractivity contribution is -0.385. The topological polar surface area (TPSA) is 88.3 Å². The van der Waals surface area contributed by atoms with E-state index < -0.39 is 4.92 Å². The van der Waals surface area contributed by atoms with Gasteiger partial charge >= 0.3 is 0 Å². The molecule has 0 aliphatic heterocycles. The van der Waals surface area contributed by atoms with Crippen LogP contribution in [0.1, 0.15) is 12.8 Å². The predicted molar refractivity (Wildman–Crippen MR) is 58.1 cm³/mol. The van der Waals surface area contributed by atoms with Crippen LogP contribution >= 0.6 is 0 Å². The van der Waals surface area contributed by atoms with Crippen LogP contribution in [0.3, 0.4) is 0 Å². The zero-order valence-electron chi connectivity index (χ0n) is 8.67. The summed E-state index contributed by atoms with van der Waals surface area (Å²) >= 11 is 0. The van der Waals surface area contributed by atoms with E-state index in [4.69, 9.17) is 5.11 Å². The smallest absolute Gasteiger partial charge is 0.287 e. The SMILES string of the molecule is O=[N+]([O-])c1ccc(NCC2CC(O)C2)nc1. The molecule has 1 fully saturated rings. The van der Waals surface area contributed by atoms with Crippen molar-refractivity contribution in [2.75, 3.05) is 11.9 Å². The fourth-order valence-electron chi connectivity index (χ4n) is 1.71. The summed E-state index contributed by atoms with van der Waals surface area (Å²) < 4.78 is 0. The third-order valence-corrected chi connectivity index (χ3v) is 2.74. The van der Waals surface area contributed by atoms with E-state index in [0.29, 0.717) is 11.7 Å². The molecule has 0 saturated heterocycles. The van der Waals surface area contributed by atoms with Gasteiger partial charge in [0.2, 0.25) is 0 Å². The number of aliphatic hydroxyl groups is 1. The Hall–Kier alpha value is -1.69. The first-order valence-electron chi connectivity index (χ1n) is 5.17. The summed E-state index contributed by atoms with van der Waals surface area (Å²) in [6, 6.07) is 3.01. The molecule has 6 heteroatoms. The van der Waals surface area contributed by atoms with E-state index in [-0.39, 0.29) is 11.8 Å². The number of aliphatic hydroxyl groups excluding tert-OH is 1. The molecule has 1 saturated carbocycles. The van der Waals surface area contributed by atoms with Gasteiger partial charge in [-0.1, -0.05) is 0 Å². The molecular formula is C10H13N3O3. The van der Waals surface area contributed by atoms with Gasteiger partial charge < -0.3 is 10.4 Å². The number of nitrogens with zero attached hydrogens (tertiary/aromatic N) is 2. The lowest BCUT2D eigenvalue weighted by Gasteiger charge is -2.31. The molecule has 0 bridgehead atoms. The molecule has 0 aromatic carbocycles.